The lowest BCUT2D eigenvalue weighted by atomic mass is 9.57. The molecule has 1 saturated carbocycles. The van der Waals surface area contributed by atoms with E-state index in [0.717, 1.165) is 37.0 Å². The smallest absolute Gasteiger partial charge is 0.315 e. The van der Waals surface area contributed by atoms with Gasteiger partial charge < -0.3 is 19.9 Å². The number of urea groups is 1. The lowest BCUT2D eigenvalue weighted by Gasteiger charge is -2.54. The van der Waals surface area contributed by atoms with E-state index in [-0.39, 0.29) is 17.5 Å². The Morgan fingerprint density at radius 3 is 3.12 bits per heavy atom. The Morgan fingerprint density at radius 1 is 1.40 bits per heavy atom. The molecule has 1 aromatic carbocycles. The molecule has 2 aliphatic rings. The van der Waals surface area contributed by atoms with Gasteiger partial charge in [-0.2, -0.15) is 0 Å². The minimum Gasteiger partial charge on any atom is -0.377 e. The van der Waals surface area contributed by atoms with Gasteiger partial charge >= 0.3 is 6.03 Å². The van der Waals surface area contributed by atoms with Crippen LogP contribution in [-0.2, 0) is 11.3 Å². The quantitative estimate of drug-likeness (QED) is 0.821. The zero-order chi connectivity index (χ0) is 17.4. The fourth-order valence-electron chi connectivity index (χ4n) is 4.45. The minimum atomic E-state index is -0.0704. The molecular formula is C19H26N4O2. The number of nitrogens with one attached hydrogen (secondary N) is 2. The molecule has 0 unspecified atom stereocenters. The molecule has 2 fully saturated rings. The Kier molecular flexibility index (Phi) is 4.15. The molecule has 1 saturated heterocycles. The van der Waals surface area contributed by atoms with Crippen LogP contribution >= 0.6 is 0 Å². The van der Waals surface area contributed by atoms with Crippen molar-refractivity contribution < 1.29 is 9.53 Å². The summed E-state index contributed by atoms with van der Waals surface area (Å²) in [4.78, 5) is 16.6. The predicted molar refractivity (Wildman–Crippen MR) is 96.3 cm³/mol. The molecule has 0 bridgehead atoms. The third-order valence-corrected chi connectivity index (χ3v) is 5.78. The van der Waals surface area contributed by atoms with Crippen molar-refractivity contribution in [3.8, 4) is 0 Å². The van der Waals surface area contributed by atoms with Crippen molar-refractivity contribution in [1.29, 1.82) is 0 Å². The van der Waals surface area contributed by atoms with E-state index in [1.54, 1.807) is 0 Å². The maximum atomic E-state index is 12.2. The van der Waals surface area contributed by atoms with Crippen LogP contribution in [0.15, 0.2) is 30.6 Å². The van der Waals surface area contributed by atoms with Crippen LogP contribution in [0.2, 0.25) is 0 Å². The minimum absolute atomic E-state index is 0.0221. The molecule has 1 aromatic heterocycles. The van der Waals surface area contributed by atoms with Crippen molar-refractivity contribution in [3.05, 3.63) is 30.6 Å². The molecule has 1 aliphatic carbocycles. The molecule has 0 radical (unpaired) electrons. The van der Waals surface area contributed by atoms with Gasteiger partial charge in [-0.05, 0) is 25.0 Å². The van der Waals surface area contributed by atoms with Crippen LogP contribution in [0.3, 0.4) is 0 Å². The fourth-order valence-corrected chi connectivity index (χ4v) is 4.45. The average Bonchev–Trinajstić information content (AvgIpc) is 3.22. The number of imidazole rings is 1. The molecule has 2 amide bonds. The summed E-state index contributed by atoms with van der Waals surface area (Å²) in [5, 5.41) is 6.14. The zero-order valence-corrected chi connectivity index (χ0v) is 14.9. The van der Waals surface area contributed by atoms with E-state index in [1.807, 2.05) is 24.5 Å². The summed E-state index contributed by atoms with van der Waals surface area (Å²) in [5.74, 6) is 0.470. The number of hydrogen-bond donors (Lipinski definition) is 2. The number of benzene rings is 1. The number of hydrogen-bond acceptors (Lipinski definition) is 3. The number of amides is 2. The number of aryl methyl sites for hydroxylation is 1. The van der Waals surface area contributed by atoms with E-state index in [4.69, 9.17) is 4.74 Å². The van der Waals surface area contributed by atoms with E-state index in [9.17, 15) is 4.79 Å². The first-order valence-corrected chi connectivity index (χ1v) is 9.13. The van der Waals surface area contributed by atoms with Crippen molar-refractivity contribution in [2.24, 2.45) is 11.3 Å². The van der Waals surface area contributed by atoms with Crippen molar-refractivity contribution in [1.82, 2.24) is 20.2 Å². The van der Waals surface area contributed by atoms with Gasteiger partial charge in [0.2, 0.25) is 0 Å². The summed E-state index contributed by atoms with van der Waals surface area (Å²) in [5.41, 5.74) is 2.16. The summed E-state index contributed by atoms with van der Waals surface area (Å²) < 4.78 is 7.90. The van der Waals surface area contributed by atoms with Gasteiger partial charge in [0.05, 0.1) is 23.5 Å². The summed E-state index contributed by atoms with van der Waals surface area (Å²) in [6.45, 7) is 6.66. The third-order valence-electron chi connectivity index (χ3n) is 5.78. The normalized spacial score (nSPS) is 26.9. The van der Waals surface area contributed by atoms with Gasteiger partial charge in [-0.1, -0.05) is 26.0 Å². The molecule has 2 aromatic rings. The van der Waals surface area contributed by atoms with Crippen molar-refractivity contribution in [2.45, 2.75) is 45.4 Å². The molecular weight excluding hydrogens is 316 g/mol. The maximum absolute atomic E-state index is 12.2. The van der Waals surface area contributed by atoms with E-state index in [2.05, 4.69) is 40.1 Å². The maximum Gasteiger partial charge on any atom is 0.315 e. The van der Waals surface area contributed by atoms with Gasteiger partial charge in [0.25, 0.3) is 0 Å². The second kappa shape index (κ2) is 6.33. The van der Waals surface area contributed by atoms with E-state index < -0.39 is 0 Å². The second-order valence-corrected chi connectivity index (χ2v) is 7.72. The van der Waals surface area contributed by atoms with Crippen LogP contribution in [0.5, 0.6) is 0 Å². The number of carbonyl (C=O) groups is 1. The molecule has 4 rings (SSSR count). The van der Waals surface area contributed by atoms with Gasteiger partial charge in [-0.15, -0.1) is 0 Å². The van der Waals surface area contributed by atoms with Gasteiger partial charge in [-0.25, -0.2) is 9.78 Å². The largest absolute Gasteiger partial charge is 0.377 e. The molecule has 2 heterocycles. The first kappa shape index (κ1) is 16.4. The lowest BCUT2D eigenvalue weighted by molar-refractivity contribution is -0.108. The van der Waals surface area contributed by atoms with Crippen LogP contribution in [0.25, 0.3) is 11.0 Å². The lowest BCUT2D eigenvalue weighted by Crippen LogP contribution is -2.67. The van der Waals surface area contributed by atoms with Gasteiger partial charge in [0.1, 0.15) is 0 Å². The number of para-hydroxylation sites is 2. The molecule has 134 valence electrons. The average molecular weight is 342 g/mol. The number of carbonyl (C=O) groups excluding carboxylic acids is 1. The Labute approximate surface area is 147 Å². The fraction of sp³-hybridized carbons (Fsp3) is 0.579. The molecule has 25 heavy (non-hydrogen) atoms. The van der Waals surface area contributed by atoms with Crippen LogP contribution in [0, 0.1) is 11.3 Å². The number of nitrogens with zero attached hydrogens (tertiary/aromatic N) is 2. The summed E-state index contributed by atoms with van der Waals surface area (Å²) in [6.07, 6.45) is 4.08. The van der Waals surface area contributed by atoms with Gasteiger partial charge in [-0.3, -0.25) is 0 Å². The number of aromatic nitrogens is 2. The van der Waals surface area contributed by atoms with Crippen LogP contribution in [0.4, 0.5) is 4.79 Å². The van der Waals surface area contributed by atoms with Crippen molar-refractivity contribution >= 4 is 17.1 Å². The van der Waals surface area contributed by atoms with Crippen molar-refractivity contribution in [3.63, 3.8) is 0 Å². The first-order valence-electron chi connectivity index (χ1n) is 9.13. The Hall–Kier alpha value is -2.08. The summed E-state index contributed by atoms with van der Waals surface area (Å²) >= 11 is 0. The molecule has 0 spiro atoms. The highest BCUT2D eigenvalue weighted by Crippen LogP contribution is 2.51. The third kappa shape index (κ3) is 2.88. The monoisotopic (exact) mass is 342 g/mol. The molecule has 6 heteroatoms. The number of ether oxygens (including phenoxy) is 1. The first-order chi connectivity index (χ1) is 12.1. The Bertz CT molecular complexity index is 770. The molecule has 6 nitrogen and oxygen atoms in total. The van der Waals surface area contributed by atoms with Crippen LogP contribution < -0.4 is 10.6 Å². The second-order valence-electron chi connectivity index (χ2n) is 7.72. The zero-order valence-electron chi connectivity index (χ0n) is 14.9. The topological polar surface area (TPSA) is 68.2 Å². The van der Waals surface area contributed by atoms with Gasteiger partial charge in [0, 0.05) is 37.1 Å². The summed E-state index contributed by atoms with van der Waals surface area (Å²) in [6, 6.07) is 8.23. The number of fused-ring (bicyclic) bond motifs is 2. The number of rotatable bonds is 5. The predicted octanol–water partition coefficient (Wildman–Crippen LogP) is 2.54. The molecule has 2 N–H and O–H groups in total. The SMILES string of the molecule is CC1(C)[C@H](NC(=O)NCCCn2cnc3ccccc32)[C@@H]2CCO[C@H]21. The van der Waals surface area contributed by atoms with E-state index in [0.29, 0.717) is 18.6 Å². The molecule has 1 aliphatic heterocycles. The van der Waals surface area contributed by atoms with Crippen LogP contribution in [-0.4, -0.2) is 40.9 Å². The highest BCUT2D eigenvalue weighted by Gasteiger charge is 2.59. The Balaban J connectivity index is 1.23. The highest BCUT2D eigenvalue weighted by molar-refractivity contribution is 5.75. The van der Waals surface area contributed by atoms with Crippen LogP contribution in [0.1, 0.15) is 26.7 Å². The Morgan fingerprint density at radius 2 is 2.24 bits per heavy atom. The van der Waals surface area contributed by atoms with Crippen molar-refractivity contribution in [2.75, 3.05) is 13.2 Å². The van der Waals surface area contributed by atoms with Gasteiger partial charge in [0.15, 0.2) is 0 Å². The highest BCUT2D eigenvalue weighted by atomic mass is 16.5. The standard InChI is InChI=1S/C19H26N4O2/c1-19(2)16(13-8-11-25-17(13)19)22-18(24)20-9-5-10-23-12-21-14-6-3-4-7-15(14)23/h3-4,6-7,12-13,16-17H,5,8-11H2,1-2H3,(H2,20,22,24)/t13-,16+,17+/m0/s1. The van der Waals surface area contributed by atoms with E-state index in [1.165, 1.54) is 0 Å². The summed E-state index contributed by atoms with van der Waals surface area (Å²) in [7, 11) is 0. The van der Waals surface area contributed by atoms with E-state index >= 15 is 0 Å². The molecule has 3 atom stereocenters.